The molecule has 0 radical (unpaired) electrons. The molecular weight excluding hydrogens is 214 g/mol. The second-order valence-electron chi connectivity index (χ2n) is 4.28. The van der Waals surface area contributed by atoms with E-state index in [0.29, 0.717) is 0 Å². The molecule has 1 fully saturated rings. The van der Waals surface area contributed by atoms with Crippen LogP contribution in [0.2, 0.25) is 0 Å². The molecule has 1 aromatic heterocycles. The number of nitrogens with one attached hydrogen (secondary N) is 1. The van der Waals surface area contributed by atoms with Gasteiger partial charge in [0, 0.05) is 38.3 Å². The molecule has 2 aromatic rings. The molecule has 2 heterocycles. The first-order valence-electron chi connectivity index (χ1n) is 5.93. The summed E-state index contributed by atoms with van der Waals surface area (Å²) in [5, 5.41) is 16.1. The Labute approximate surface area is 100 Å². The molecule has 0 unspecified atom stereocenters. The molecule has 4 nitrogen and oxygen atoms in total. The molecule has 0 spiro atoms. The topological polar surface area (TPSA) is 42.2 Å². The van der Waals surface area contributed by atoms with Crippen LogP contribution >= 0.6 is 0 Å². The number of para-hydroxylation sites is 1. The molecule has 1 saturated heterocycles. The number of piperazine rings is 1. The molecule has 0 atom stereocenters. The summed E-state index contributed by atoms with van der Waals surface area (Å²) in [6, 6.07) is 9.68. The fourth-order valence-electron chi connectivity index (χ4n) is 2.37. The molecule has 4 heteroatoms. The maximum atomic E-state index is 11.7. The van der Waals surface area contributed by atoms with Gasteiger partial charge in [-0.3, -0.25) is 0 Å². The largest absolute Gasteiger partial charge is 0.618 e. The summed E-state index contributed by atoms with van der Waals surface area (Å²) in [5.41, 5.74) is 1.90. The number of hydrogen-bond donors (Lipinski definition) is 1. The van der Waals surface area contributed by atoms with E-state index in [1.807, 2.05) is 30.3 Å². The van der Waals surface area contributed by atoms with Crippen LogP contribution in [-0.4, -0.2) is 26.2 Å². The second kappa shape index (κ2) is 4.22. The number of benzene rings is 1. The summed E-state index contributed by atoms with van der Waals surface area (Å²) < 4.78 is 0.932. The summed E-state index contributed by atoms with van der Waals surface area (Å²) in [7, 11) is 0. The fraction of sp³-hybridized carbons (Fsp3) is 0.308. The maximum Gasteiger partial charge on any atom is 0.225 e. The van der Waals surface area contributed by atoms with Gasteiger partial charge < -0.3 is 15.4 Å². The zero-order chi connectivity index (χ0) is 11.7. The van der Waals surface area contributed by atoms with Gasteiger partial charge in [0.1, 0.15) is 0 Å². The summed E-state index contributed by atoms with van der Waals surface area (Å²) in [4.78, 5) is 2.33. The molecule has 17 heavy (non-hydrogen) atoms. The van der Waals surface area contributed by atoms with E-state index in [1.54, 1.807) is 6.20 Å². The van der Waals surface area contributed by atoms with E-state index in [1.165, 1.54) is 0 Å². The zero-order valence-corrected chi connectivity index (χ0v) is 9.60. The predicted octanol–water partition coefficient (Wildman–Crippen LogP) is 0.883. The molecule has 0 amide bonds. The van der Waals surface area contributed by atoms with Crippen molar-refractivity contribution in [2.75, 3.05) is 31.1 Å². The Morgan fingerprint density at radius 1 is 1.12 bits per heavy atom. The molecule has 0 aliphatic carbocycles. The SMILES string of the molecule is [O-][n+]1ccc(N2CCNCC2)c2ccccc21. The molecule has 0 bridgehead atoms. The van der Waals surface area contributed by atoms with Crippen LogP contribution in [0.4, 0.5) is 5.69 Å². The van der Waals surface area contributed by atoms with Crippen LogP contribution in [0.25, 0.3) is 10.9 Å². The molecule has 1 aromatic carbocycles. The van der Waals surface area contributed by atoms with Crippen molar-refractivity contribution in [2.24, 2.45) is 0 Å². The third-order valence-electron chi connectivity index (χ3n) is 3.24. The Morgan fingerprint density at radius 3 is 2.71 bits per heavy atom. The van der Waals surface area contributed by atoms with Crippen LogP contribution in [-0.2, 0) is 0 Å². The van der Waals surface area contributed by atoms with E-state index in [-0.39, 0.29) is 0 Å². The molecule has 3 rings (SSSR count). The fourth-order valence-corrected chi connectivity index (χ4v) is 2.37. The van der Waals surface area contributed by atoms with Gasteiger partial charge in [-0.05, 0) is 6.07 Å². The van der Waals surface area contributed by atoms with Gasteiger partial charge in [0.2, 0.25) is 5.52 Å². The van der Waals surface area contributed by atoms with Crippen LogP contribution in [0.15, 0.2) is 36.5 Å². The first-order valence-corrected chi connectivity index (χ1v) is 5.93. The lowest BCUT2D eigenvalue weighted by atomic mass is 10.1. The summed E-state index contributed by atoms with van der Waals surface area (Å²) >= 11 is 0. The smallest absolute Gasteiger partial charge is 0.225 e. The minimum Gasteiger partial charge on any atom is -0.618 e. The number of anilines is 1. The molecule has 88 valence electrons. The lowest BCUT2D eigenvalue weighted by molar-refractivity contribution is -0.576. The van der Waals surface area contributed by atoms with Crippen molar-refractivity contribution in [3.05, 3.63) is 41.7 Å². The Kier molecular flexibility index (Phi) is 2.57. The monoisotopic (exact) mass is 229 g/mol. The molecule has 1 aliphatic rings. The Morgan fingerprint density at radius 2 is 1.88 bits per heavy atom. The van der Waals surface area contributed by atoms with Crippen molar-refractivity contribution >= 4 is 16.6 Å². The predicted molar refractivity (Wildman–Crippen MR) is 68.0 cm³/mol. The lowest BCUT2D eigenvalue weighted by Gasteiger charge is -2.29. The van der Waals surface area contributed by atoms with E-state index in [0.717, 1.165) is 47.5 Å². The van der Waals surface area contributed by atoms with Gasteiger partial charge in [-0.2, -0.15) is 4.73 Å². The highest BCUT2D eigenvalue weighted by Crippen LogP contribution is 2.24. The first kappa shape index (κ1) is 10.4. The van der Waals surface area contributed by atoms with Crippen molar-refractivity contribution in [1.29, 1.82) is 0 Å². The van der Waals surface area contributed by atoms with Crippen LogP contribution in [0.3, 0.4) is 0 Å². The Balaban J connectivity index is 2.12. The lowest BCUT2D eigenvalue weighted by Crippen LogP contribution is -2.44. The van der Waals surface area contributed by atoms with E-state index in [9.17, 15) is 5.21 Å². The average molecular weight is 229 g/mol. The molecular formula is C13H15N3O. The zero-order valence-electron chi connectivity index (χ0n) is 9.60. The summed E-state index contributed by atoms with van der Waals surface area (Å²) in [5.74, 6) is 0. The standard InChI is InChI=1S/C13H15N3O/c17-16-8-5-12(15-9-6-14-7-10-15)11-3-1-2-4-13(11)16/h1-5,8,14H,6-7,9-10H2. The Hall–Kier alpha value is -1.81. The van der Waals surface area contributed by atoms with Crippen molar-refractivity contribution in [2.45, 2.75) is 0 Å². The van der Waals surface area contributed by atoms with Crippen LogP contribution in [0.5, 0.6) is 0 Å². The minimum absolute atomic E-state index is 0.739. The van der Waals surface area contributed by atoms with Gasteiger partial charge in [0.15, 0.2) is 6.20 Å². The molecule has 1 aliphatic heterocycles. The number of pyridine rings is 1. The van der Waals surface area contributed by atoms with Gasteiger partial charge in [0.25, 0.3) is 0 Å². The maximum absolute atomic E-state index is 11.7. The van der Waals surface area contributed by atoms with Crippen molar-refractivity contribution in [3.8, 4) is 0 Å². The third kappa shape index (κ3) is 1.80. The molecule has 1 N–H and O–H groups in total. The van der Waals surface area contributed by atoms with Gasteiger partial charge in [-0.1, -0.05) is 12.1 Å². The quantitative estimate of drug-likeness (QED) is 0.583. The first-order chi connectivity index (χ1) is 8.36. The van der Waals surface area contributed by atoms with Crippen LogP contribution < -0.4 is 14.9 Å². The normalized spacial score (nSPS) is 16.4. The van der Waals surface area contributed by atoms with Gasteiger partial charge >= 0.3 is 0 Å². The Bertz CT molecular complexity index is 535. The van der Waals surface area contributed by atoms with Gasteiger partial charge in [-0.15, -0.1) is 0 Å². The number of hydrogen-bond acceptors (Lipinski definition) is 3. The number of nitrogens with zero attached hydrogens (tertiary/aromatic N) is 2. The van der Waals surface area contributed by atoms with E-state index >= 15 is 0 Å². The summed E-state index contributed by atoms with van der Waals surface area (Å²) in [6.45, 7) is 3.99. The van der Waals surface area contributed by atoms with Gasteiger partial charge in [-0.25, -0.2) is 0 Å². The highest BCUT2D eigenvalue weighted by Gasteiger charge is 2.15. The summed E-state index contributed by atoms with van der Waals surface area (Å²) in [6.07, 6.45) is 1.60. The highest BCUT2D eigenvalue weighted by molar-refractivity contribution is 5.89. The van der Waals surface area contributed by atoms with E-state index < -0.39 is 0 Å². The second-order valence-corrected chi connectivity index (χ2v) is 4.28. The third-order valence-corrected chi connectivity index (χ3v) is 3.24. The van der Waals surface area contributed by atoms with Gasteiger partial charge in [0.05, 0.1) is 11.1 Å². The van der Waals surface area contributed by atoms with Crippen molar-refractivity contribution in [3.63, 3.8) is 0 Å². The number of fused-ring (bicyclic) bond motifs is 1. The van der Waals surface area contributed by atoms with Crippen LogP contribution in [0, 0.1) is 5.21 Å². The molecule has 0 saturated carbocycles. The number of aromatic nitrogens is 1. The van der Waals surface area contributed by atoms with E-state index in [4.69, 9.17) is 0 Å². The van der Waals surface area contributed by atoms with E-state index in [2.05, 4.69) is 10.2 Å². The van der Waals surface area contributed by atoms with Crippen molar-refractivity contribution in [1.82, 2.24) is 5.32 Å². The highest BCUT2D eigenvalue weighted by atomic mass is 16.5. The number of rotatable bonds is 1. The van der Waals surface area contributed by atoms with Crippen LogP contribution in [0.1, 0.15) is 0 Å². The average Bonchev–Trinajstić information content (AvgIpc) is 2.41. The van der Waals surface area contributed by atoms with Crippen molar-refractivity contribution < 1.29 is 4.73 Å². The minimum atomic E-state index is 0.739.